The second kappa shape index (κ2) is 7.63. The Labute approximate surface area is 71.4 Å². The molecule has 10 heavy (non-hydrogen) atoms. The molecule has 2 nitrogen and oxygen atoms in total. The van der Waals surface area contributed by atoms with Gasteiger partial charge in [-0.15, -0.1) is 0 Å². The molecule has 0 aromatic rings. The van der Waals surface area contributed by atoms with Gasteiger partial charge in [0, 0.05) is 21.4 Å². The van der Waals surface area contributed by atoms with Crippen LogP contribution in [-0.2, 0) is 8.26 Å². The van der Waals surface area contributed by atoms with Crippen LogP contribution in [0.2, 0.25) is 0 Å². The molecule has 0 N–H and O–H groups in total. The molecule has 0 amide bonds. The lowest BCUT2D eigenvalue weighted by molar-refractivity contribution is 0.621. The van der Waals surface area contributed by atoms with Crippen LogP contribution in [0.5, 0.6) is 0 Å². The molecule has 0 saturated carbocycles. The highest BCUT2D eigenvalue weighted by Gasteiger charge is 1.88. The molecule has 0 bridgehead atoms. The number of hydrogen-bond donors (Lipinski definition) is 0. The highest BCUT2D eigenvalue weighted by atomic mass is 36.0. The average Bonchev–Trinajstić information content (AvgIpc) is 1.63. The summed E-state index contributed by atoms with van der Waals surface area (Å²) >= 11 is 0. The molecule has 0 aliphatic carbocycles. The van der Waals surface area contributed by atoms with Crippen molar-refractivity contribution in [2.24, 2.45) is 0 Å². The van der Waals surface area contributed by atoms with E-state index in [0.29, 0.717) is 0 Å². The molecule has 0 spiro atoms. The fourth-order valence-corrected chi connectivity index (χ4v) is 0.354. The predicted molar refractivity (Wildman–Crippen MR) is 45.8 cm³/mol. The SMILES string of the molecule is CCCCC.O=S(=O)(Cl)Cl. The Morgan fingerprint density at radius 1 is 1.10 bits per heavy atom. The van der Waals surface area contributed by atoms with Gasteiger partial charge in [-0.3, -0.25) is 0 Å². The minimum Gasteiger partial charge on any atom is -0.195 e. The molecule has 64 valence electrons. The molecule has 0 unspecified atom stereocenters. The van der Waals surface area contributed by atoms with E-state index in [1.54, 1.807) is 0 Å². The molecule has 0 heterocycles. The standard InChI is InChI=1S/C5H12.Cl2O2S/c1-3-5-4-2;1-5(2,3)4/h3-5H2,1-2H3;. The summed E-state index contributed by atoms with van der Waals surface area (Å²) in [6.07, 6.45) is 4.08. The van der Waals surface area contributed by atoms with E-state index in [4.69, 9.17) is 8.42 Å². The summed E-state index contributed by atoms with van der Waals surface area (Å²) in [6.45, 7) is 4.42. The Morgan fingerprint density at radius 3 is 1.30 bits per heavy atom. The van der Waals surface area contributed by atoms with Crippen molar-refractivity contribution in [2.75, 3.05) is 0 Å². The highest BCUT2D eigenvalue weighted by molar-refractivity contribution is 8.31. The zero-order valence-corrected chi connectivity index (χ0v) is 8.43. The number of rotatable bonds is 2. The van der Waals surface area contributed by atoms with Crippen LogP contribution in [0.15, 0.2) is 0 Å². The van der Waals surface area contributed by atoms with E-state index in [9.17, 15) is 0 Å². The average molecular weight is 207 g/mol. The van der Waals surface area contributed by atoms with Crippen molar-refractivity contribution in [2.45, 2.75) is 33.1 Å². The molecule has 5 heteroatoms. The molecule has 0 aromatic heterocycles. The Kier molecular flexibility index (Phi) is 10.0. The van der Waals surface area contributed by atoms with Gasteiger partial charge in [-0.25, -0.2) is 0 Å². The normalized spacial score (nSPS) is 10.0. The van der Waals surface area contributed by atoms with E-state index in [-0.39, 0.29) is 0 Å². The van der Waals surface area contributed by atoms with Gasteiger partial charge in [0.1, 0.15) is 0 Å². The molecule has 0 radical (unpaired) electrons. The van der Waals surface area contributed by atoms with Gasteiger partial charge in [-0.2, -0.15) is 8.42 Å². The number of unbranched alkanes of at least 4 members (excludes halogenated alkanes) is 2. The summed E-state index contributed by atoms with van der Waals surface area (Å²) < 4.78 is 18.3. The first-order valence-corrected chi connectivity index (χ1v) is 6.19. The van der Waals surface area contributed by atoms with Crippen LogP contribution in [-0.4, -0.2) is 8.42 Å². The summed E-state index contributed by atoms with van der Waals surface area (Å²) in [4.78, 5) is 0. The molecule has 0 rings (SSSR count). The minimum absolute atomic E-state index is 1.34. The van der Waals surface area contributed by atoms with Crippen molar-refractivity contribution in [3.63, 3.8) is 0 Å². The Bertz CT molecular complexity index is 132. The Balaban J connectivity index is 0. The van der Waals surface area contributed by atoms with Gasteiger partial charge in [-0.1, -0.05) is 33.1 Å². The van der Waals surface area contributed by atoms with E-state index in [1.165, 1.54) is 19.3 Å². The van der Waals surface area contributed by atoms with Crippen molar-refractivity contribution in [1.82, 2.24) is 0 Å². The zero-order chi connectivity index (χ0) is 8.62. The van der Waals surface area contributed by atoms with Crippen LogP contribution < -0.4 is 0 Å². The van der Waals surface area contributed by atoms with Gasteiger partial charge in [0.15, 0.2) is 0 Å². The lowest BCUT2D eigenvalue weighted by atomic mass is 10.3. The maximum atomic E-state index is 9.16. The third kappa shape index (κ3) is 75.6. The Morgan fingerprint density at radius 2 is 1.30 bits per heavy atom. The molecule has 0 saturated heterocycles. The van der Waals surface area contributed by atoms with Gasteiger partial charge in [0.2, 0.25) is 0 Å². The second-order valence-electron chi connectivity index (χ2n) is 1.73. The summed E-state index contributed by atoms with van der Waals surface area (Å²) in [5.74, 6) is 0. The predicted octanol–water partition coefficient (Wildman–Crippen LogP) is 2.91. The van der Waals surface area contributed by atoms with Crippen LogP contribution >= 0.6 is 21.4 Å². The lowest BCUT2D eigenvalue weighted by Crippen LogP contribution is -1.63. The minimum atomic E-state index is -3.72. The third-order valence-electron chi connectivity index (χ3n) is 0.707. The zero-order valence-electron chi connectivity index (χ0n) is 6.10. The molecule has 0 aromatic carbocycles. The first kappa shape index (κ1) is 13.1. The molecule has 0 aliphatic heterocycles. The van der Waals surface area contributed by atoms with Gasteiger partial charge in [0.25, 0.3) is 0 Å². The van der Waals surface area contributed by atoms with E-state index in [2.05, 4.69) is 35.2 Å². The van der Waals surface area contributed by atoms with Crippen LogP contribution in [0, 0.1) is 0 Å². The summed E-state index contributed by atoms with van der Waals surface area (Å²) in [5.41, 5.74) is 0. The topological polar surface area (TPSA) is 34.1 Å². The van der Waals surface area contributed by atoms with Crippen LogP contribution in [0.1, 0.15) is 33.1 Å². The lowest BCUT2D eigenvalue weighted by Gasteiger charge is -1.79. The van der Waals surface area contributed by atoms with Crippen molar-refractivity contribution in [3.05, 3.63) is 0 Å². The molecule has 0 fully saturated rings. The van der Waals surface area contributed by atoms with Gasteiger partial charge >= 0.3 is 8.26 Å². The molecular formula is C5H12Cl2O2S. The van der Waals surface area contributed by atoms with Crippen molar-refractivity contribution in [3.8, 4) is 0 Å². The Hall–Kier alpha value is 0.530. The van der Waals surface area contributed by atoms with Crippen molar-refractivity contribution >= 4 is 29.6 Å². The first-order chi connectivity index (χ1) is 4.41. The number of hydrogen-bond acceptors (Lipinski definition) is 2. The van der Waals surface area contributed by atoms with E-state index >= 15 is 0 Å². The van der Waals surface area contributed by atoms with Gasteiger partial charge in [-0.05, 0) is 0 Å². The first-order valence-electron chi connectivity index (χ1n) is 3.06. The van der Waals surface area contributed by atoms with Crippen molar-refractivity contribution < 1.29 is 8.42 Å². The summed E-state index contributed by atoms with van der Waals surface area (Å²) in [7, 11) is 4.81. The highest BCUT2D eigenvalue weighted by Crippen LogP contribution is 1.98. The summed E-state index contributed by atoms with van der Waals surface area (Å²) in [5, 5.41) is 0. The monoisotopic (exact) mass is 206 g/mol. The maximum absolute atomic E-state index is 9.16. The van der Waals surface area contributed by atoms with Crippen LogP contribution in [0.25, 0.3) is 0 Å². The summed E-state index contributed by atoms with van der Waals surface area (Å²) in [6, 6.07) is 0. The van der Waals surface area contributed by atoms with Crippen molar-refractivity contribution in [1.29, 1.82) is 0 Å². The van der Waals surface area contributed by atoms with Crippen LogP contribution in [0.4, 0.5) is 0 Å². The molecular weight excluding hydrogens is 195 g/mol. The van der Waals surface area contributed by atoms with E-state index < -0.39 is 8.26 Å². The van der Waals surface area contributed by atoms with Gasteiger partial charge in [0.05, 0.1) is 0 Å². The molecule has 0 atom stereocenters. The quantitative estimate of drug-likeness (QED) is 0.652. The largest absolute Gasteiger partial charge is 0.317 e. The van der Waals surface area contributed by atoms with E-state index in [0.717, 1.165) is 0 Å². The fraction of sp³-hybridized carbons (Fsp3) is 1.00. The maximum Gasteiger partial charge on any atom is 0.317 e. The van der Waals surface area contributed by atoms with Crippen LogP contribution in [0.3, 0.4) is 0 Å². The van der Waals surface area contributed by atoms with E-state index in [1.807, 2.05) is 0 Å². The smallest absolute Gasteiger partial charge is 0.195 e. The fourth-order valence-electron chi connectivity index (χ4n) is 0.354. The third-order valence-corrected chi connectivity index (χ3v) is 0.707. The number of halogens is 2. The van der Waals surface area contributed by atoms with Gasteiger partial charge < -0.3 is 0 Å². The second-order valence-corrected chi connectivity index (χ2v) is 5.40. The molecule has 0 aliphatic rings.